The molecule has 0 radical (unpaired) electrons. The third-order valence-corrected chi connectivity index (χ3v) is 10.5. The zero-order chi connectivity index (χ0) is 30.7. The topological polar surface area (TPSA) is 43.6 Å². The van der Waals surface area contributed by atoms with Crippen molar-refractivity contribution >= 4 is 21.8 Å². The molecule has 2 aliphatic rings. The average Bonchev–Trinajstić information content (AvgIpc) is 3.64. The Hall–Kier alpha value is -5.09. The SMILES string of the molecule is CC1(c2nc(-c3ccccc3)nc(-c3ccc(-n4c5ccccc5c5cc(-c6ccccc6)ccc54)cc3)n2)CC2CC[C@@H](C2)C1. The van der Waals surface area contributed by atoms with E-state index in [0.717, 1.165) is 46.1 Å². The van der Waals surface area contributed by atoms with E-state index in [1.807, 2.05) is 6.07 Å². The van der Waals surface area contributed by atoms with E-state index in [1.54, 1.807) is 0 Å². The van der Waals surface area contributed by atoms with Crippen LogP contribution >= 0.6 is 0 Å². The van der Waals surface area contributed by atoms with Crippen molar-refractivity contribution in [1.29, 1.82) is 0 Å². The molecule has 4 heteroatoms. The van der Waals surface area contributed by atoms with E-state index in [4.69, 9.17) is 15.0 Å². The Morgan fingerprint density at radius 1 is 0.543 bits per heavy atom. The molecule has 2 saturated carbocycles. The number of aromatic nitrogens is 4. The van der Waals surface area contributed by atoms with E-state index in [9.17, 15) is 0 Å². The Bertz CT molecular complexity index is 2190. The highest BCUT2D eigenvalue weighted by molar-refractivity contribution is 6.10. The lowest BCUT2D eigenvalue weighted by atomic mass is 9.69. The monoisotopic (exact) mass is 596 g/mol. The van der Waals surface area contributed by atoms with Gasteiger partial charge >= 0.3 is 0 Å². The lowest BCUT2D eigenvalue weighted by Crippen LogP contribution is -2.33. The normalized spacial score (nSPS) is 20.8. The summed E-state index contributed by atoms with van der Waals surface area (Å²) in [5, 5.41) is 2.51. The first-order valence-corrected chi connectivity index (χ1v) is 16.6. The van der Waals surface area contributed by atoms with Gasteiger partial charge in [-0.15, -0.1) is 0 Å². The van der Waals surface area contributed by atoms with Crippen molar-refractivity contribution in [2.45, 2.75) is 44.4 Å². The van der Waals surface area contributed by atoms with E-state index < -0.39 is 0 Å². The molecule has 224 valence electrons. The smallest absolute Gasteiger partial charge is 0.163 e. The molecule has 5 aromatic carbocycles. The highest BCUT2D eigenvalue weighted by Gasteiger charge is 2.44. The van der Waals surface area contributed by atoms with Gasteiger partial charge in [0.05, 0.1) is 11.0 Å². The van der Waals surface area contributed by atoms with Crippen LogP contribution in [0.1, 0.15) is 44.9 Å². The molecule has 2 aliphatic carbocycles. The van der Waals surface area contributed by atoms with E-state index in [2.05, 4.69) is 133 Å². The largest absolute Gasteiger partial charge is 0.309 e. The molecule has 0 amide bonds. The summed E-state index contributed by atoms with van der Waals surface area (Å²) in [7, 11) is 0. The zero-order valence-corrected chi connectivity index (χ0v) is 26.1. The number of rotatable bonds is 5. The van der Waals surface area contributed by atoms with Crippen LogP contribution < -0.4 is 0 Å². The van der Waals surface area contributed by atoms with Gasteiger partial charge in [0, 0.05) is 33.0 Å². The van der Waals surface area contributed by atoms with Gasteiger partial charge < -0.3 is 4.57 Å². The summed E-state index contributed by atoms with van der Waals surface area (Å²) < 4.78 is 2.37. The number of benzene rings is 5. The molecule has 9 rings (SSSR count). The molecule has 0 saturated heterocycles. The molecule has 0 N–H and O–H groups in total. The molecule has 2 heterocycles. The van der Waals surface area contributed by atoms with Crippen molar-refractivity contribution in [1.82, 2.24) is 19.5 Å². The third-order valence-electron chi connectivity index (χ3n) is 10.5. The summed E-state index contributed by atoms with van der Waals surface area (Å²) in [5.41, 5.74) is 8.00. The molecular formula is C42H36N4. The van der Waals surface area contributed by atoms with Crippen LogP contribution in [-0.4, -0.2) is 19.5 Å². The van der Waals surface area contributed by atoms with Gasteiger partial charge in [0.1, 0.15) is 5.82 Å². The standard InChI is InChI=1S/C42H36N4/c1-42(26-28-16-17-29(24-28)27-42)41-44-39(31-12-6-3-7-13-31)43-40(45-41)32-18-21-34(22-19-32)46-37-15-9-8-14-35(37)36-25-33(20-23-38(36)46)30-10-4-2-5-11-30/h2-15,18-23,25,28-29H,16-17,24,26-27H2,1H3/t28-,29?,42?/m0/s1. The van der Waals surface area contributed by atoms with Crippen molar-refractivity contribution in [3.63, 3.8) is 0 Å². The highest BCUT2D eigenvalue weighted by atomic mass is 15.0. The van der Waals surface area contributed by atoms with E-state index in [1.165, 1.54) is 65.0 Å². The molecular weight excluding hydrogens is 560 g/mol. The number of para-hydroxylation sites is 1. The van der Waals surface area contributed by atoms with Crippen LogP contribution in [-0.2, 0) is 5.41 Å². The van der Waals surface area contributed by atoms with Gasteiger partial charge in [-0.05, 0) is 84.7 Å². The Morgan fingerprint density at radius 3 is 1.80 bits per heavy atom. The van der Waals surface area contributed by atoms with E-state index in [-0.39, 0.29) is 5.41 Å². The van der Waals surface area contributed by atoms with Crippen molar-refractivity contribution in [3.8, 4) is 39.6 Å². The van der Waals surface area contributed by atoms with Crippen LogP contribution in [0.15, 0.2) is 127 Å². The third kappa shape index (κ3) is 4.63. The first-order valence-electron chi connectivity index (χ1n) is 16.6. The maximum atomic E-state index is 5.22. The van der Waals surface area contributed by atoms with Gasteiger partial charge in [-0.3, -0.25) is 0 Å². The minimum absolute atomic E-state index is 0.0210. The number of hydrogen-bond acceptors (Lipinski definition) is 3. The lowest BCUT2D eigenvalue weighted by molar-refractivity contribution is 0.221. The summed E-state index contributed by atoms with van der Waals surface area (Å²) in [6.07, 6.45) is 6.40. The lowest BCUT2D eigenvalue weighted by Gasteiger charge is -2.36. The summed E-state index contributed by atoms with van der Waals surface area (Å²) in [4.78, 5) is 15.4. The molecule has 2 fully saturated rings. The van der Waals surface area contributed by atoms with Crippen LogP contribution in [0.5, 0.6) is 0 Å². The fraction of sp³-hybridized carbons (Fsp3) is 0.214. The molecule has 2 aromatic heterocycles. The van der Waals surface area contributed by atoms with Crippen LogP contribution in [0.3, 0.4) is 0 Å². The van der Waals surface area contributed by atoms with Gasteiger partial charge in [-0.25, -0.2) is 15.0 Å². The fourth-order valence-electron chi connectivity index (χ4n) is 8.40. The number of fused-ring (bicyclic) bond motifs is 5. The molecule has 3 atom stereocenters. The van der Waals surface area contributed by atoms with Crippen molar-refractivity contribution in [2.75, 3.05) is 0 Å². The van der Waals surface area contributed by atoms with Crippen molar-refractivity contribution in [3.05, 3.63) is 133 Å². The van der Waals surface area contributed by atoms with Crippen LogP contribution in [0.25, 0.3) is 61.4 Å². The minimum atomic E-state index is -0.0210. The Labute approximate surface area is 269 Å². The van der Waals surface area contributed by atoms with Gasteiger partial charge in [0.15, 0.2) is 11.6 Å². The number of nitrogens with zero attached hydrogens (tertiary/aromatic N) is 4. The zero-order valence-electron chi connectivity index (χ0n) is 26.1. The Morgan fingerprint density at radius 2 is 1.11 bits per heavy atom. The second-order valence-corrected chi connectivity index (χ2v) is 13.7. The molecule has 46 heavy (non-hydrogen) atoms. The summed E-state index contributed by atoms with van der Waals surface area (Å²) in [6, 6.07) is 45.3. The van der Waals surface area contributed by atoms with E-state index in [0.29, 0.717) is 0 Å². The summed E-state index contributed by atoms with van der Waals surface area (Å²) in [6.45, 7) is 2.39. The van der Waals surface area contributed by atoms with Gasteiger partial charge in [0.2, 0.25) is 0 Å². The summed E-state index contributed by atoms with van der Waals surface area (Å²) >= 11 is 0. The summed E-state index contributed by atoms with van der Waals surface area (Å²) in [5.74, 6) is 4.05. The second-order valence-electron chi connectivity index (χ2n) is 13.7. The molecule has 7 aromatic rings. The van der Waals surface area contributed by atoms with Gasteiger partial charge in [-0.1, -0.05) is 105 Å². The molecule has 0 aliphatic heterocycles. The molecule has 0 spiro atoms. The maximum Gasteiger partial charge on any atom is 0.163 e. The van der Waals surface area contributed by atoms with Crippen LogP contribution in [0, 0.1) is 11.8 Å². The molecule has 2 bridgehead atoms. The quantitative estimate of drug-likeness (QED) is 0.199. The molecule has 4 nitrogen and oxygen atoms in total. The first-order chi connectivity index (χ1) is 22.6. The number of hydrogen-bond donors (Lipinski definition) is 0. The maximum absolute atomic E-state index is 5.22. The average molecular weight is 597 g/mol. The Kier molecular flexibility index (Phi) is 6.38. The van der Waals surface area contributed by atoms with Crippen molar-refractivity contribution in [2.24, 2.45) is 11.8 Å². The van der Waals surface area contributed by atoms with E-state index >= 15 is 0 Å². The highest BCUT2D eigenvalue weighted by Crippen LogP contribution is 2.51. The fourth-order valence-corrected chi connectivity index (χ4v) is 8.40. The van der Waals surface area contributed by atoms with Crippen LogP contribution in [0.2, 0.25) is 0 Å². The van der Waals surface area contributed by atoms with Gasteiger partial charge in [0.25, 0.3) is 0 Å². The predicted octanol–water partition coefficient (Wildman–Crippen LogP) is 10.4. The second kappa shape index (κ2) is 10.8. The van der Waals surface area contributed by atoms with Gasteiger partial charge in [-0.2, -0.15) is 0 Å². The Balaban J connectivity index is 1.14. The molecule has 2 unspecified atom stereocenters. The predicted molar refractivity (Wildman–Crippen MR) is 188 cm³/mol. The first kappa shape index (κ1) is 27.2. The van der Waals surface area contributed by atoms with Crippen molar-refractivity contribution < 1.29 is 0 Å². The van der Waals surface area contributed by atoms with Crippen LogP contribution in [0.4, 0.5) is 0 Å². The minimum Gasteiger partial charge on any atom is -0.309 e.